The molecule has 1 fully saturated rings. The number of hydrogen-bond acceptors (Lipinski definition) is 5. The van der Waals surface area contributed by atoms with Crippen molar-refractivity contribution in [2.75, 3.05) is 27.4 Å². The Hall–Kier alpha value is -3.65. The lowest BCUT2D eigenvalue weighted by Gasteiger charge is -2.25. The largest absolute Gasteiger partial charge is 0.493 e. The summed E-state index contributed by atoms with van der Waals surface area (Å²) in [4.78, 5) is 27.4. The van der Waals surface area contributed by atoms with E-state index in [2.05, 4.69) is 10.4 Å². The number of methoxy groups -OCH3 is 1. The van der Waals surface area contributed by atoms with Gasteiger partial charge in [0.1, 0.15) is 12.4 Å². The second-order valence-corrected chi connectivity index (χ2v) is 9.00. The molecule has 3 atom stereocenters. The zero-order valence-corrected chi connectivity index (χ0v) is 20.2. The highest BCUT2D eigenvalue weighted by atomic mass is 16.5. The zero-order valence-electron chi connectivity index (χ0n) is 20.2. The number of ether oxygens (including phenoxy) is 2. The minimum Gasteiger partial charge on any atom is -0.493 e. The van der Waals surface area contributed by atoms with Crippen molar-refractivity contribution < 1.29 is 19.1 Å². The first-order valence-electron chi connectivity index (χ1n) is 11.8. The molecule has 8 heteroatoms. The van der Waals surface area contributed by atoms with E-state index in [0.29, 0.717) is 26.0 Å². The molecule has 3 aromatic rings. The molecule has 0 bridgehead atoms. The third-order valence-electron chi connectivity index (χ3n) is 6.28. The smallest absolute Gasteiger partial charge is 0.246 e. The van der Waals surface area contributed by atoms with Crippen LogP contribution in [0.1, 0.15) is 18.4 Å². The highest BCUT2D eigenvalue weighted by Gasteiger charge is 2.41. The highest BCUT2D eigenvalue weighted by Crippen LogP contribution is 2.33. The van der Waals surface area contributed by atoms with Crippen LogP contribution in [0.15, 0.2) is 73.1 Å². The van der Waals surface area contributed by atoms with Crippen molar-refractivity contribution in [1.29, 1.82) is 0 Å². The lowest BCUT2D eigenvalue weighted by molar-refractivity contribution is -0.136. The predicted octanol–water partition coefficient (Wildman–Crippen LogP) is 3.07. The molecule has 4 rings (SSSR count). The van der Waals surface area contributed by atoms with Gasteiger partial charge in [-0.1, -0.05) is 36.4 Å². The molecule has 1 saturated carbocycles. The van der Waals surface area contributed by atoms with Crippen LogP contribution in [-0.4, -0.2) is 59.9 Å². The van der Waals surface area contributed by atoms with Gasteiger partial charge in [-0.25, -0.2) is 4.68 Å². The second kappa shape index (κ2) is 11.7. The SMILES string of the molecule is COCC(=O)N[C@@H]1C[C@H](COc2ccccc2)C[C@H]1C(=O)N(C)Cc1cnn(-c2ccccc2)c1. The standard InChI is InChI=1S/C27H32N4O4/c1-30(16-21-15-28-31(17-21)22-9-5-3-6-10-22)27(33)24-13-20(14-25(24)29-26(32)19-34-2)18-35-23-11-7-4-8-12-23/h3-12,15,17,20,24-25H,13-14,16,18-19H2,1-2H3,(H,29,32)/t20-,24-,25-/m1/s1. The van der Waals surface area contributed by atoms with Crippen molar-refractivity contribution in [3.8, 4) is 11.4 Å². The minimum atomic E-state index is -0.325. The summed E-state index contributed by atoms with van der Waals surface area (Å²) in [6, 6.07) is 19.2. The van der Waals surface area contributed by atoms with E-state index in [4.69, 9.17) is 9.47 Å². The third kappa shape index (κ3) is 6.48. The van der Waals surface area contributed by atoms with E-state index < -0.39 is 0 Å². The molecule has 35 heavy (non-hydrogen) atoms. The molecule has 8 nitrogen and oxygen atoms in total. The van der Waals surface area contributed by atoms with Gasteiger partial charge in [-0.3, -0.25) is 9.59 Å². The molecule has 0 spiro atoms. The van der Waals surface area contributed by atoms with Gasteiger partial charge in [0, 0.05) is 38.5 Å². The van der Waals surface area contributed by atoms with Gasteiger partial charge in [0.05, 0.1) is 24.4 Å². The normalized spacial score (nSPS) is 19.3. The average molecular weight is 477 g/mol. The number of para-hydroxylation sites is 2. The van der Waals surface area contributed by atoms with Crippen LogP contribution in [-0.2, 0) is 20.9 Å². The Balaban J connectivity index is 1.40. The first kappa shape index (κ1) is 24.5. The molecule has 1 aliphatic carbocycles. The molecule has 1 aromatic heterocycles. The van der Waals surface area contributed by atoms with Crippen molar-refractivity contribution in [2.45, 2.75) is 25.4 Å². The second-order valence-electron chi connectivity index (χ2n) is 9.00. The molecular weight excluding hydrogens is 444 g/mol. The van der Waals surface area contributed by atoms with Crippen LogP contribution in [0.4, 0.5) is 0 Å². The fourth-order valence-corrected chi connectivity index (χ4v) is 4.62. The van der Waals surface area contributed by atoms with E-state index in [9.17, 15) is 9.59 Å². The van der Waals surface area contributed by atoms with Crippen LogP contribution in [0.3, 0.4) is 0 Å². The maximum Gasteiger partial charge on any atom is 0.246 e. The summed E-state index contributed by atoms with van der Waals surface area (Å²) in [7, 11) is 3.28. The van der Waals surface area contributed by atoms with Crippen LogP contribution >= 0.6 is 0 Å². The fraction of sp³-hybridized carbons (Fsp3) is 0.370. The van der Waals surface area contributed by atoms with E-state index in [0.717, 1.165) is 17.0 Å². The van der Waals surface area contributed by atoms with E-state index in [1.54, 1.807) is 22.8 Å². The van der Waals surface area contributed by atoms with Gasteiger partial charge in [0.15, 0.2) is 0 Å². The van der Waals surface area contributed by atoms with Gasteiger partial charge in [0.2, 0.25) is 11.8 Å². The highest BCUT2D eigenvalue weighted by molar-refractivity contribution is 5.82. The van der Waals surface area contributed by atoms with Crippen LogP contribution in [0.25, 0.3) is 5.69 Å². The van der Waals surface area contributed by atoms with Crippen molar-refractivity contribution in [3.05, 3.63) is 78.6 Å². The van der Waals surface area contributed by atoms with Crippen LogP contribution < -0.4 is 10.1 Å². The molecule has 1 aliphatic rings. The van der Waals surface area contributed by atoms with Gasteiger partial charge in [-0.2, -0.15) is 5.10 Å². The molecule has 2 amide bonds. The summed E-state index contributed by atoms with van der Waals surface area (Å²) in [6.45, 7) is 0.904. The number of nitrogens with one attached hydrogen (secondary N) is 1. The maximum absolute atomic E-state index is 13.5. The first-order chi connectivity index (χ1) is 17.0. The number of carbonyl (C=O) groups excluding carboxylic acids is 2. The first-order valence-corrected chi connectivity index (χ1v) is 11.8. The van der Waals surface area contributed by atoms with Crippen LogP contribution in [0.2, 0.25) is 0 Å². The number of hydrogen-bond donors (Lipinski definition) is 1. The van der Waals surface area contributed by atoms with Gasteiger partial charge in [-0.15, -0.1) is 0 Å². The molecule has 1 N–H and O–H groups in total. The number of rotatable bonds is 10. The topological polar surface area (TPSA) is 85.7 Å². The molecule has 184 valence electrons. The van der Waals surface area contributed by atoms with Crippen molar-refractivity contribution >= 4 is 11.8 Å². The molecule has 0 aliphatic heterocycles. The van der Waals surface area contributed by atoms with E-state index in [1.807, 2.05) is 66.9 Å². The molecule has 0 saturated heterocycles. The van der Waals surface area contributed by atoms with Crippen LogP contribution in [0.5, 0.6) is 5.75 Å². The number of amides is 2. The summed E-state index contributed by atoms with van der Waals surface area (Å²) >= 11 is 0. The Bertz CT molecular complexity index is 1100. The fourth-order valence-electron chi connectivity index (χ4n) is 4.62. The quantitative estimate of drug-likeness (QED) is 0.486. The molecular formula is C27H32N4O4. The van der Waals surface area contributed by atoms with Crippen molar-refractivity contribution in [3.63, 3.8) is 0 Å². The molecule has 0 unspecified atom stereocenters. The summed E-state index contributed by atoms with van der Waals surface area (Å²) in [5.41, 5.74) is 1.90. The lowest BCUT2D eigenvalue weighted by atomic mass is 10.0. The predicted molar refractivity (Wildman–Crippen MR) is 132 cm³/mol. The monoisotopic (exact) mass is 476 g/mol. The van der Waals surface area contributed by atoms with Gasteiger partial charge >= 0.3 is 0 Å². The lowest BCUT2D eigenvalue weighted by Crippen LogP contribution is -2.45. The number of nitrogens with zero attached hydrogens (tertiary/aromatic N) is 3. The van der Waals surface area contributed by atoms with E-state index >= 15 is 0 Å². The van der Waals surface area contributed by atoms with Gasteiger partial charge < -0.3 is 19.7 Å². The molecule has 2 aromatic carbocycles. The summed E-state index contributed by atoms with van der Waals surface area (Å²) < 4.78 is 12.7. The number of benzene rings is 2. The van der Waals surface area contributed by atoms with Gasteiger partial charge in [-0.05, 0) is 43.0 Å². The number of aromatic nitrogens is 2. The Morgan fingerprint density at radius 3 is 2.51 bits per heavy atom. The number of carbonyl (C=O) groups is 2. The van der Waals surface area contributed by atoms with E-state index in [1.165, 1.54) is 7.11 Å². The molecule has 0 radical (unpaired) electrons. The van der Waals surface area contributed by atoms with Gasteiger partial charge in [0.25, 0.3) is 0 Å². The van der Waals surface area contributed by atoms with Crippen molar-refractivity contribution in [1.82, 2.24) is 20.0 Å². The maximum atomic E-state index is 13.5. The Labute approximate surface area is 205 Å². The molecule has 1 heterocycles. The van der Waals surface area contributed by atoms with Crippen LogP contribution in [0, 0.1) is 11.8 Å². The summed E-state index contributed by atoms with van der Waals surface area (Å²) in [5.74, 6) is 0.421. The zero-order chi connectivity index (χ0) is 24.6. The summed E-state index contributed by atoms with van der Waals surface area (Å²) in [5, 5.41) is 7.43. The Kier molecular flexibility index (Phi) is 8.15. The van der Waals surface area contributed by atoms with E-state index in [-0.39, 0.29) is 36.3 Å². The summed E-state index contributed by atoms with van der Waals surface area (Å²) in [6.07, 6.45) is 5.04. The average Bonchev–Trinajstić information content (AvgIpc) is 3.50. The van der Waals surface area contributed by atoms with Crippen molar-refractivity contribution in [2.24, 2.45) is 11.8 Å². The Morgan fingerprint density at radius 1 is 1.09 bits per heavy atom. The minimum absolute atomic E-state index is 0.00221. The Morgan fingerprint density at radius 2 is 1.80 bits per heavy atom. The third-order valence-corrected chi connectivity index (χ3v) is 6.28.